The van der Waals surface area contributed by atoms with Crippen molar-refractivity contribution < 1.29 is 9.59 Å². The van der Waals surface area contributed by atoms with Crippen LogP contribution in [0.3, 0.4) is 0 Å². The van der Waals surface area contributed by atoms with Crippen molar-refractivity contribution in [3.05, 3.63) is 53.3 Å². The number of hydrogen-bond acceptors (Lipinski definition) is 3. The van der Waals surface area contributed by atoms with Gasteiger partial charge in [-0.25, -0.2) is 4.90 Å². The van der Waals surface area contributed by atoms with Crippen LogP contribution < -0.4 is 10.6 Å². The summed E-state index contributed by atoms with van der Waals surface area (Å²) < 4.78 is 2.40. The van der Waals surface area contributed by atoms with Crippen LogP contribution in [0.15, 0.2) is 42.2 Å². The first kappa shape index (κ1) is 16.2. The summed E-state index contributed by atoms with van der Waals surface area (Å²) >= 11 is 13.5. The normalized spacial score (nSPS) is 13.7. The smallest absolute Gasteiger partial charge is 0.267 e. The fraction of sp³-hybridized carbons (Fsp3) is 0. The fourth-order valence-electron chi connectivity index (χ4n) is 2.21. The largest absolute Gasteiger partial charge is 0.399 e. The summed E-state index contributed by atoms with van der Waals surface area (Å²) in [5, 5.41) is 0. The zero-order valence-corrected chi connectivity index (χ0v) is 17.0. The molecule has 2 amide bonds. The van der Waals surface area contributed by atoms with Crippen LogP contribution in [-0.4, -0.2) is 11.8 Å². The van der Waals surface area contributed by atoms with Gasteiger partial charge in [0, 0.05) is 23.6 Å². The quantitative estimate of drug-likeness (QED) is 0.231. The Morgan fingerprint density at radius 1 is 0.727 bits per heavy atom. The number of imide groups is 1. The zero-order valence-electron chi connectivity index (χ0n) is 10.7. The van der Waals surface area contributed by atoms with Gasteiger partial charge < -0.3 is 5.73 Å². The van der Waals surface area contributed by atoms with Gasteiger partial charge in [0.1, 0.15) is 0 Å². The van der Waals surface area contributed by atoms with Crippen LogP contribution in [0.1, 0.15) is 20.7 Å². The molecule has 3 rings (SSSR count). The van der Waals surface area contributed by atoms with Crippen LogP contribution in [-0.2, 0) is 0 Å². The summed E-state index contributed by atoms with van der Waals surface area (Å²) in [6.45, 7) is 0. The highest BCUT2D eigenvalue weighted by Gasteiger charge is 2.41. The minimum atomic E-state index is -0.384. The maximum Gasteiger partial charge on any atom is 0.267 e. The van der Waals surface area contributed by atoms with E-state index in [4.69, 9.17) is 5.73 Å². The predicted molar refractivity (Wildman–Crippen MR) is 99.2 cm³/mol. The van der Waals surface area contributed by atoms with E-state index >= 15 is 0 Å². The van der Waals surface area contributed by atoms with E-state index in [1.54, 1.807) is 24.3 Å². The SMILES string of the molecule is Nc1ccc(N2C(=O)c3c(Br)c(Br)c(Br)c(Br)c3C2=O)cc1. The molecule has 0 radical (unpaired) electrons. The molecule has 0 atom stereocenters. The first-order valence-corrected chi connectivity index (χ1v) is 9.12. The molecule has 1 aliphatic rings. The summed E-state index contributed by atoms with van der Waals surface area (Å²) in [6, 6.07) is 6.58. The molecule has 0 aromatic heterocycles. The van der Waals surface area contributed by atoms with E-state index in [1.807, 2.05) is 0 Å². The van der Waals surface area contributed by atoms with Crippen molar-refractivity contribution in [1.82, 2.24) is 0 Å². The van der Waals surface area contributed by atoms with E-state index in [1.165, 1.54) is 0 Å². The lowest BCUT2D eigenvalue weighted by atomic mass is 10.1. The summed E-state index contributed by atoms with van der Waals surface area (Å²) in [4.78, 5) is 26.6. The maximum absolute atomic E-state index is 12.7. The lowest BCUT2D eigenvalue weighted by Gasteiger charge is -2.13. The third kappa shape index (κ3) is 2.28. The topological polar surface area (TPSA) is 63.4 Å². The number of hydrogen-bond donors (Lipinski definition) is 1. The Balaban J connectivity index is 2.23. The Labute approximate surface area is 159 Å². The highest BCUT2D eigenvalue weighted by atomic mass is 79.9. The second kappa shape index (κ2) is 5.74. The van der Waals surface area contributed by atoms with E-state index in [0.29, 0.717) is 40.4 Å². The molecule has 2 aromatic rings. The van der Waals surface area contributed by atoms with Gasteiger partial charge in [-0.2, -0.15) is 0 Å². The molecular formula is C14H6Br4N2O2. The summed E-state index contributed by atoms with van der Waals surface area (Å²) in [5.41, 5.74) is 7.34. The van der Waals surface area contributed by atoms with Gasteiger partial charge in [-0.15, -0.1) is 0 Å². The molecule has 0 fully saturated rings. The van der Waals surface area contributed by atoms with E-state index in [2.05, 4.69) is 63.7 Å². The maximum atomic E-state index is 12.7. The average Bonchev–Trinajstić information content (AvgIpc) is 2.75. The number of nitrogens with zero attached hydrogens (tertiary/aromatic N) is 1. The summed E-state index contributed by atoms with van der Waals surface area (Å²) in [7, 11) is 0. The second-order valence-electron chi connectivity index (χ2n) is 4.54. The van der Waals surface area contributed by atoms with Crippen LogP contribution in [0.2, 0.25) is 0 Å². The molecule has 1 aliphatic heterocycles. The Bertz CT molecular complexity index is 787. The molecule has 22 heavy (non-hydrogen) atoms. The molecule has 0 saturated carbocycles. The Kier molecular flexibility index (Phi) is 4.22. The van der Waals surface area contributed by atoms with Crippen LogP contribution in [0, 0.1) is 0 Å². The molecule has 4 nitrogen and oxygen atoms in total. The number of nitrogens with two attached hydrogens (primary N) is 1. The lowest BCUT2D eigenvalue weighted by Crippen LogP contribution is -2.29. The summed E-state index contributed by atoms with van der Waals surface area (Å²) in [5.74, 6) is -0.768. The first-order valence-electron chi connectivity index (χ1n) is 5.95. The third-order valence-electron chi connectivity index (χ3n) is 3.25. The molecule has 1 heterocycles. The molecule has 0 aliphatic carbocycles. The molecule has 2 aromatic carbocycles. The highest BCUT2D eigenvalue weighted by molar-refractivity contribution is 9.15. The van der Waals surface area contributed by atoms with E-state index in [9.17, 15) is 9.59 Å². The number of halogens is 4. The number of fused-ring (bicyclic) bond motifs is 1. The minimum absolute atomic E-state index is 0.323. The number of carbonyl (C=O) groups excluding carboxylic acids is 2. The predicted octanol–water partition coefficient (Wildman–Crippen LogP) is 5.12. The number of anilines is 2. The van der Waals surface area contributed by atoms with Crippen molar-refractivity contribution in [3.8, 4) is 0 Å². The Hall–Kier alpha value is -0.700. The van der Waals surface area contributed by atoms with E-state index in [0.717, 1.165) is 4.90 Å². The van der Waals surface area contributed by atoms with Crippen LogP contribution in [0.5, 0.6) is 0 Å². The number of nitrogen functional groups attached to an aromatic ring is 1. The highest BCUT2D eigenvalue weighted by Crippen LogP contribution is 2.46. The van der Waals surface area contributed by atoms with Crippen LogP contribution >= 0.6 is 63.7 Å². The molecule has 0 bridgehead atoms. The monoisotopic (exact) mass is 550 g/mol. The standard InChI is InChI=1S/C14H6Br4N2O2/c15-9-7-8(10(16)12(18)11(9)17)14(22)20(13(7)21)6-3-1-5(19)2-4-6/h1-4H,19H2. The third-order valence-corrected chi connectivity index (χ3v) is 8.02. The van der Waals surface area contributed by atoms with Crippen LogP contribution in [0.25, 0.3) is 0 Å². The van der Waals surface area contributed by atoms with E-state index in [-0.39, 0.29) is 11.8 Å². The van der Waals surface area contributed by atoms with Gasteiger partial charge in [0.05, 0.1) is 16.8 Å². The van der Waals surface area contributed by atoms with Crippen molar-refractivity contribution in [1.29, 1.82) is 0 Å². The van der Waals surface area contributed by atoms with Gasteiger partial charge in [-0.3, -0.25) is 9.59 Å². The van der Waals surface area contributed by atoms with Crippen molar-refractivity contribution in [2.75, 3.05) is 10.6 Å². The lowest BCUT2D eigenvalue weighted by molar-refractivity contribution is 0.0926. The van der Waals surface area contributed by atoms with Crippen molar-refractivity contribution in [2.45, 2.75) is 0 Å². The minimum Gasteiger partial charge on any atom is -0.399 e. The van der Waals surface area contributed by atoms with Crippen molar-refractivity contribution >= 4 is 86.9 Å². The summed E-state index contributed by atoms with van der Waals surface area (Å²) in [6.07, 6.45) is 0. The van der Waals surface area contributed by atoms with Gasteiger partial charge in [0.2, 0.25) is 0 Å². The number of rotatable bonds is 1. The Morgan fingerprint density at radius 3 is 1.55 bits per heavy atom. The Morgan fingerprint density at radius 2 is 1.14 bits per heavy atom. The molecule has 8 heteroatoms. The van der Waals surface area contributed by atoms with Crippen LogP contribution in [0.4, 0.5) is 11.4 Å². The molecule has 112 valence electrons. The van der Waals surface area contributed by atoms with Gasteiger partial charge in [0.15, 0.2) is 0 Å². The zero-order chi connectivity index (χ0) is 16.2. The molecule has 0 saturated heterocycles. The molecule has 0 spiro atoms. The first-order chi connectivity index (χ1) is 10.3. The number of amides is 2. The number of carbonyl (C=O) groups is 2. The fourth-order valence-corrected chi connectivity index (χ4v) is 4.66. The van der Waals surface area contributed by atoms with Gasteiger partial charge in [-0.05, 0) is 88.0 Å². The van der Waals surface area contributed by atoms with Gasteiger partial charge in [0.25, 0.3) is 11.8 Å². The molecular weight excluding hydrogens is 548 g/mol. The van der Waals surface area contributed by atoms with Gasteiger partial charge in [-0.1, -0.05) is 0 Å². The van der Waals surface area contributed by atoms with Crippen molar-refractivity contribution in [2.24, 2.45) is 0 Å². The van der Waals surface area contributed by atoms with E-state index < -0.39 is 0 Å². The van der Waals surface area contributed by atoms with Gasteiger partial charge >= 0.3 is 0 Å². The van der Waals surface area contributed by atoms with Crippen molar-refractivity contribution in [3.63, 3.8) is 0 Å². The number of benzene rings is 2. The average molecular weight is 554 g/mol. The second-order valence-corrected chi connectivity index (χ2v) is 7.72. The molecule has 0 unspecified atom stereocenters. The molecule has 2 N–H and O–H groups in total.